The second-order valence-corrected chi connectivity index (χ2v) is 6.81. The Morgan fingerprint density at radius 1 is 1.21 bits per heavy atom. The minimum absolute atomic E-state index is 0.0728. The molecule has 0 aliphatic carbocycles. The molecule has 2 heterocycles. The molecule has 2 aromatic heterocycles. The smallest absolute Gasteiger partial charge is 0.357 e. The summed E-state index contributed by atoms with van der Waals surface area (Å²) in [5.74, 6) is -0.631. The molecule has 0 fully saturated rings. The summed E-state index contributed by atoms with van der Waals surface area (Å²) in [6.45, 7) is 1.87. The molecule has 9 heteroatoms. The van der Waals surface area contributed by atoms with E-state index in [2.05, 4.69) is 10.2 Å². The van der Waals surface area contributed by atoms with E-state index in [9.17, 15) is 10.1 Å². The fourth-order valence-corrected chi connectivity index (χ4v) is 3.24. The number of benzene rings is 2. The van der Waals surface area contributed by atoms with Gasteiger partial charge in [0.25, 0.3) is 0 Å². The zero-order valence-corrected chi connectivity index (χ0v) is 16.3. The molecular formula is C20H15ClN6O2. The molecule has 8 nitrogen and oxygen atoms in total. The average molecular weight is 407 g/mol. The van der Waals surface area contributed by atoms with Crippen molar-refractivity contribution >= 4 is 34.3 Å². The summed E-state index contributed by atoms with van der Waals surface area (Å²) in [6, 6.07) is 12.8. The third-order valence-electron chi connectivity index (χ3n) is 4.56. The highest BCUT2D eigenvalue weighted by atomic mass is 35.5. The molecule has 0 unspecified atom stereocenters. The Bertz CT molecular complexity index is 1300. The number of methoxy groups -OCH3 is 1. The molecule has 0 saturated heterocycles. The van der Waals surface area contributed by atoms with Crippen molar-refractivity contribution in [2.45, 2.75) is 6.92 Å². The number of rotatable bonds is 3. The largest absolute Gasteiger partial charge is 0.464 e. The van der Waals surface area contributed by atoms with Crippen LogP contribution in [0.25, 0.3) is 22.4 Å². The normalized spacial score (nSPS) is 10.8. The number of nitrogen functional groups attached to an aromatic ring is 1. The molecule has 0 amide bonds. The molecule has 2 aromatic carbocycles. The van der Waals surface area contributed by atoms with E-state index in [1.807, 2.05) is 31.2 Å². The fraction of sp³-hybridized carbons (Fsp3) is 0.100. The van der Waals surface area contributed by atoms with E-state index in [0.29, 0.717) is 21.7 Å². The number of anilines is 1. The lowest BCUT2D eigenvalue weighted by molar-refractivity contribution is 0.0593. The van der Waals surface area contributed by atoms with E-state index < -0.39 is 5.97 Å². The Hall–Kier alpha value is -3.83. The maximum Gasteiger partial charge on any atom is 0.357 e. The maximum absolute atomic E-state index is 12.3. The number of fused-ring (bicyclic) bond motifs is 1. The lowest BCUT2D eigenvalue weighted by Gasteiger charge is -2.11. The van der Waals surface area contributed by atoms with Gasteiger partial charge in [0.1, 0.15) is 17.1 Å². The summed E-state index contributed by atoms with van der Waals surface area (Å²) in [5, 5.41) is 19.0. The van der Waals surface area contributed by atoms with Gasteiger partial charge in [-0.3, -0.25) is 0 Å². The molecule has 144 valence electrons. The van der Waals surface area contributed by atoms with Gasteiger partial charge in [0.05, 0.1) is 29.7 Å². The van der Waals surface area contributed by atoms with Gasteiger partial charge in [-0.05, 0) is 48.9 Å². The van der Waals surface area contributed by atoms with Crippen LogP contribution in [-0.4, -0.2) is 32.6 Å². The standard InChI is InChI=1S/C20H15ClN6O2/c1-11-7-15-16(25-27(24-15)14-5-3-13(21)4-6-14)8-17(11)26-10-12(9-22)18(23)19(26)20(28)29-2/h3-8,10H,23H2,1-2H3. The minimum atomic E-state index is -0.631. The van der Waals surface area contributed by atoms with E-state index in [4.69, 9.17) is 22.1 Å². The number of aromatic nitrogens is 4. The van der Waals surface area contributed by atoms with Crippen LogP contribution >= 0.6 is 11.6 Å². The zero-order chi connectivity index (χ0) is 20.7. The van der Waals surface area contributed by atoms with Gasteiger partial charge in [0.15, 0.2) is 5.69 Å². The number of ether oxygens (including phenoxy) is 1. The highest BCUT2D eigenvalue weighted by Gasteiger charge is 2.23. The van der Waals surface area contributed by atoms with Gasteiger partial charge in [-0.1, -0.05) is 11.6 Å². The van der Waals surface area contributed by atoms with E-state index in [1.54, 1.807) is 22.8 Å². The molecule has 0 aliphatic heterocycles. The Labute approximate surface area is 170 Å². The van der Waals surface area contributed by atoms with Crippen LogP contribution in [0.2, 0.25) is 5.02 Å². The quantitative estimate of drug-likeness (QED) is 0.522. The lowest BCUT2D eigenvalue weighted by atomic mass is 10.1. The highest BCUT2D eigenvalue weighted by molar-refractivity contribution is 6.30. The van der Waals surface area contributed by atoms with Gasteiger partial charge in [0.2, 0.25) is 0 Å². The summed E-state index contributed by atoms with van der Waals surface area (Å²) in [7, 11) is 1.26. The van der Waals surface area contributed by atoms with Gasteiger partial charge < -0.3 is 15.0 Å². The summed E-state index contributed by atoms with van der Waals surface area (Å²) in [4.78, 5) is 13.8. The van der Waals surface area contributed by atoms with Crippen LogP contribution in [0.1, 0.15) is 21.6 Å². The van der Waals surface area contributed by atoms with Crippen molar-refractivity contribution in [1.82, 2.24) is 19.6 Å². The number of halogens is 1. The van der Waals surface area contributed by atoms with Crippen molar-refractivity contribution in [2.24, 2.45) is 0 Å². The van der Waals surface area contributed by atoms with Gasteiger partial charge in [-0.25, -0.2) is 4.79 Å². The Kier molecular flexibility index (Phi) is 4.45. The maximum atomic E-state index is 12.3. The first-order chi connectivity index (χ1) is 13.9. The van der Waals surface area contributed by atoms with Crippen LogP contribution in [0, 0.1) is 18.3 Å². The van der Waals surface area contributed by atoms with Crippen LogP contribution in [0.3, 0.4) is 0 Å². The molecule has 4 rings (SSSR count). The Morgan fingerprint density at radius 2 is 1.86 bits per heavy atom. The average Bonchev–Trinajstić information content (AvgIpc) is 3.27. The second-order valence-electron chi connectivity index (χ2n) is 6.37. The van der Waals surface area contributed by atoms with E-state index >= 15 is 0 Å². The van der Waals surface area contributed by atoms with Crippen LogP contribution in [0.15, 0.2) is 42.6 Å². The van der Waals surface area contributed by atoms with Crippen LogP contribution < -0.4 is 5.73 Å². The first-order valence-electron chi connectivity index (χ1n) is 8.56. The Morgan fingerprint density at radius 3 is 2.48 bits per heavy atom. The predicted octanol–water partition coefficient (Wildman–Crippen LogP) is 3.41. The third kappa shape index (κ3) is 3.07. The van der Waals surface area contributed by atoms with Gasteiger partial charge in [-0.15, -0.1) is 10.2 Å². The number of hydrogen-bond donors (Lipinski definition) is 1. The summed E-state index contributed by atoms with van der Waals surface area (Å²) >= 11 is 5.94. The van der Waals surface area contributed by atoms with Crippen molar-refractivity contribution in [3.05, 3.63) is 64.4 Å². The molecule has 0 bridgehead atoms. The molecule has 29 heavy (non-hydrogen) atoms. The predicted molar refractivity (Wildman–Crippen MR) is 108 cm³/mol. The summed E-state index contributed by atoms with van der Waals surface area (Å²) in [6.07, 6.45) is 1.51. The molecular weight excluding hydrogens is 392 g/mol. The number of aryl methyl sites for hydroxylation is 1. The molecule has 4 aromatic rings. The Balaban J connectivity index is 1.90. The van der Waals surface area contributed by atoms with Crippen molar-refractivity contribution in [1.29, 1.82) is 5.26 Å². The summed E-state index contributed by atoms with van der Waals surface area (Å²) < 4.78 is 6.40. The van der Waals surface area contributed by atoms with E-state index in [0.717, 1.165) is 11.3 Å². The zero-order valence-electron chi connectivity index (χ0n) is 15.5. The number of esters is 1. The number of carbonyl (C=O) groups excluding carboxylic acids is 1. The first-order valence-corrected chi connectivity index (χ1v) is 8.94. The number of nitrogens with two attached hydrogens (primary N) is 1. The fourth-order valence-electron chi connectivity index (χ4n) is 3.11. The monoisotopic (exact) mass is 406 g/mol. The highest BCUT2D eigenvalue weighted by Crippen LogP contribution is 2.28. The van der Waals surface area contributed by atoms with Gasteiger partial charge in [0, 0.05) is 11.2 Å². The summed E-state index contributed by atoms with van der Waals surface area (Å²) in [5.41, 5.74) is 9.88. The molecule has 0 saturated carbocycles. The molecule has 0 atom stereocenters. The number of nitriles is 1. The molecule has 0 radical (unpaired) electrons. The SMILES string of the molecule is COC(=O)c1c(N)c(C#N)cn1-c1cc2nn(-c3ccc(Cl)cc3)nc2cc1C. The van der Waals surface area contributed by atoms with Crippen LogP contribution in [0.5, 0.6) is 0 Å². The first kappa shape index (κ1) is 18.5. The van der Waals surface area contributed by atoms with Crippen LogP contribution in [-0.2, 0) is 4.74 Å². The van der Waals surface area contributed by atoms with E-state index in [1.165, 1.54) is 18.1 Å². The molecule has 0 spiro atoms. The van der Waals surface area contributed by atoms with Crippen LogP contribution in [0.4, 0.5) is 5.69 Å². The minimum Gasteiger partial charge on any atom is -0.464 e. The lowest BCUT2D eigenvalue weighted by Crippen LogP contribution is -2.11. The molecule has 2 N–H and O–H groups in total. The van der Waals surface area contributed by atoms with Crippen molar-refractivity contribution in [2.75, 3.05) is 12.8 Å². The van der Waals surface area contributed by atoms with Crippen molar-refractivity contribution in [3.8, 4) is 17.4 Å². The second kappa shape index (κ2) is 6.96. The molecule has 0 aliphatic rings. The van der Waals surface area contributed by atoms with Crippen molar-refractivity contribution in [3.63, 3.8) is 0 Å². The number of hydrogen-bond acceptors (Lipinski definition) is 6. The van der Waals surface area contributed by atoms with E-state index in [-0.39, 0.29) is 16.9 Å². The van der Waals surface area contributed by atoms with Crippen molar-refractivity contribution < 1.29 is 9.53 Å². The van der Waals surface area contributed by atoms with Gasteiger partial charge in [-0.2, -0.15) is 10.1 Å². The number of carbonyl (C=O) groups is 1. The topological polar surface area (TPSA) is 112 Å². The van der Waals surface area contributed by atoms with Gasteiger partial charge >= 0.3 is 5.97 Å². The number of nitrogens with zero attached hydrogens (tertiary/aromatic N) is 5. The third-order valence-corrected chi connectivity index (χ3v) is 4.81.